The Morgan fingerprint density at radius 2 is 1.92 bits per heavy atom. The lowest BCUT2D eigenvalue weighted by Gasteiger charge is -2.38. The molecule has 1 aromatic carbocycles. The molecule has 0 saturated carbocycles. The highest BCUT2D eigenvalue weighted by molar-refractivity contribution is 9.11. The van der Waals surface area contributed by atoms with Crippen LogP contribution in [-0.2, 0) is 10.2 Å². The lowest BCUT2D eigenvalue weighted by Crippen LogP contribution is -2.45. The quantitative estimate of drug-likeness (QED) is 0.619. The largest absolute Gasteiger partial charge is 0.381 e. The van der Waals surface area contributed by atoms with E-state index < -0.39 is 0 Å². The fourth-order valence-corrected chi connectivity index (χ4v) is 4.28. The normalized spacial score (nSPS) is 16.2. The van der Waals surface area contributed by atoms with Crippen molar-refractivity contribution in [2.75, 3.05) is 25.1 Å². The van der Waals surface area contributed by atoms with Gasteiger partial charge in [0.15, 0.2) is 5.11 Å². The first-order chi connectivity index (χ1) is 12.1. The minimum absolute atomic E-state index is 0.0373. The first-order valence-corrected chi connectivity index (χ1v) is 10.1. The van der Waals surface area contributed by atoms with Gasteiger partial charge in [-0.1, -0.05) is 30.3 Å². The topological polar surface area (TPSA) is 46.2 Å². The zero-order valence-corrected chi connectivity index (χ0v) is 17.6. The molecule has 1 saturated heterocycles. The standard InChI is InChI=1S/C18H19Br2N3OS/c19-14-10-15(20)16(21-11-14)23-17(25)22-12-18(6-8-24-9-7-18)13-4-2-1-3-5-13/h1-5,10-11H,6-9,12H2,(H2,21,22,23,25). The molecule has 132 valence electrons. The van der Waals surface area contributed by atoms with Crippen molar-refractivity contribution in [2.45, 2.75) is 18.3 Å². The summed E-state index contributed by atoms with van der Waals surface area (Å²) in [5.41, 5.74) is 1.37. The van der Waals surface area contributed by atoms with Gasteiger partial charge in [0.2, 0.25) is 0 Å². The third-order valence-electron chi connectivity index (χ3n) is 4.46. The summed E-state index contributed by atoms with van der Waals surface area (Å²) in [7, 11) is 0. The van der Waals surface area contributed by atoms with Gasteiger partial charge in [0.25, 0.3) is 0 Å². The van der Waals surface area contributed by atoms with Crippen molar-refractivity contribution in [1.29, 1.82) is 0 Å². The molecule has 0 spiro atoms. The molecular weight excluding hydrogens is 466 g/mol. The van der Waals surface area contributed by atoms with Crippen LogP contribution in [0.4, 0.5) is 5.82 Å². The Labute approximate surface area is 170 Å². The average Bonchev–Trinajstić information content (AvgIpc) is 2.64. The van der Waals surface area contributed by atoms with E-state index in [4.69, 9.17) is 17.0 Å². The summed E-state index contributed by atoms with van der Waals surface area (Å²) >= 11 is 12.4. The van der Waals surface area contributed by atoms with Gasteiger partial charge in [0, 0.05) is 35.8 Å². The highest BCUT2D eigenvalue weighted by atomic mass is 79.9. The van der Waals surface area contributed by atoms with E-state index in [0.717, 1.165) is 41.5 Å². The molecule has 2 aromatic rings. The van der Waals surface area contributed by atoms with Crippen LogP contribution in [0, 0.1) is 0 Å². The number of thiocarbonyl (C=S) groups is 1. The van der Waals surface area contributed by atoms with E-state index in [9.17, 15) is 0 Å². The lowest BCUT2D eigenvalue weighted by atomic mass is 9.74. The fourth-order valence-electron chi connectivity index (χ4n) is 3.03. The van der Waals surface area contributed by atoms with Crippen molar-refractivity contribution in [3.63, 3.8) is 0 Å². The van der Waals surface area contributed by atoms with Gasteiger partial charge in [0.05, 0.1) is 4.47 Å². The predicted molar refractivity (Wildman–Crippen MR) is 112 cm³/mol. The fraction of sp³-hybridized carbons (Fsp3) is 0.333. The van der Waals surface area contributed by atoms with Crippen LogP contribution < -0.4 is 10.6 Å². The molecule has 0 radical (unpaired) electrons. The summed E-state index contributed by atoms with van der Waals surface area (Å²) in [4.78, 5) is 4.34. The van der Waals surface area contributed by atoms with E-state index in [2.05, 4.69) is 71.7 Å². The van der Waals surface area contributed by atoms with Crippen LogP contribution in [0.5, 0.6) is 0 Å². The van der Waals surface area contributed by atoms with Gasteiger partial charge in [-0.25, -0.2) is 4.98 Å². The highest BCUT2D eigenvalue weighted by Crippen LogP contribution is 2.34. The summed E-state index contributed by atoms with van der Waals surface area (Å²) in [5.74, 6) is 0.696. The van der Waals surface area contributed by atoms with Crippen LogP contribution >= 0.6 is 44.1 Å². The Morgan fingerprint density at radius 3 is 2.60 bits per heavy atom. The van der Waals surface area contributed by atoms with Gasteiger partial charge in [-0.05, 0) is 68.5 Å². The Morgan fingerprint density at radius 1 is 1.20 bits per heavy atom. The van der Waals surface area contributed by atoms with E-state index in [1.54, 1.807) is 6.20 Å². The van der Waals surface area contributed by atoms with E-state index in [-0.39, 0.29) is 5.41 Å². The SMILES string of the molecule is S=C(NCC1(c2ccccc2)CCOCC1)Nc1ncc(Br)cc1Br. The zero-order chi connectivity index (χ0) is 17.7. The van der Waals surface area contributed by atoms with Gasteiger partial charge < -0.3 is 15.4 Å². The smallest absolute Gasteiger partial charge is 0.172 e. The van der Waals surface area contributed by atoms with Crippen molar-refractivity contribution in [3.8, 4) is 0 Å². The number of hydrogen-bond acceptors (Lipinski definition) is 3. The van der Waals surface area contributed by atoms with Crippen LogP contribution in [0.15, 0.2) is 51.5 Å². The minimum Gasteiger partial charge on any atom is -0.381 e. The van der Waals surface area contributed by atoms with Crippen LogP contribution in [0.3, 0.4) is 0 Å². The molecule has 3 rings (SSSR count). The number of ether oxygens (including phenoxy) is 1. The summed E-state index contributed by atoms with van der Waals surface area (Å²) < 4.78 is 7.35. The number of rotatable bonds is 4. The molecule has 0 amide bonds. The molecule has 25 heavy (non-hydrogen) atoms. The van der Waals surface area contributed by atoms with Crippen molar-refractivity contribution in [1.82, 2.24) is 10.3 Å². The second kappa shape index (κ2) is 8.58. The average molecular weight is 485 g/mol. The van der Waals surface area contributed by atoms with Gasteiger partial charge in [-0.15, -0.1) is 0 Å². The van der Waals surface area contributed by atoms with Gasteiger partial charge in [0.1, 0.15) is 5.82 Å². The number of aromatic nitrogens is 1. The molecule has 2 N–H and O–H groups in total. The molecule has 4 nitrogen and oxygen atoms in total. The molecule has 0 bridgehead atoms. The molecule has 1 fully saturated rings. The number of hydrogen-bond donors (Lipinski definition) is 2. The number of anilines is 1. The first kappa shape index (κ1) is 18.8. The molecule has 1 aliphatic rings. The van der Waals surface area contributed by atoms with E-state index in [1.165, 1.54) is 5.56 Å². The molecule has 1 aromatic heterocycles. The third-order valence-corrected chi connectivity index (χ3v) is 5.75. The van der Waals surface area contributed by atoms with E-state index >= 15 is 0 Å². The Kier molecular flexibility index (Phi) is 6.44. The summed E-state index contributed by atoms with van der Waals surface area (Å²) in [6.45, 7) is 2.31. The van der Waals surface area contributed by atoms with E-state index in [1.807, 2.05) is 12.1 Å². The number of benzene rings is 1. The molecule has 0 atom stereocenters. The highest BCUT2D eigenvalue weighted by Gasteiger charge is 2.34. The van der Waals surface area contributed by atoms with Crippen LogP contribution in [0.25, 0.3) is 0 Å². The van der Waals surface area contributed by atoms with Crippen LogP contribution in [-0.4, -0.2) is 29.9 Å². The second-order valence-electron chi connectivity index (χ2n) is 6.05. The minimum atomic E-state index is 0.0373. The Bertz CT molecular complexity index is 736. The molecule has 1 aliphatic heterocycles. The summed E-state index contributed by atoms with van der Waals surface area (Å²) in [6, 6.07) is 12.5. The van der Waals surface area contributed by atoms with Crippen molar-refractivity contribution in [2.24, 2.45) is 0 Å². The monoisotopic (exact) mass is 483 g/mol. The third kappa shape index (κ3) is 4.78. The van der Waals surface area contributed by atoms with Gasteiger partial charge in [-0.3, -0.25) is 0 Å². The van der Waals surface area contributed by atoms with Crippen molar-refractivity contribution >= 4 is 55.0 Å². The number of nitrogens with one attached hydrogen (secondary N) is 2. The van der Waals surface area contributed by atoms with Crippen LogP contribution in [0.1, 0.15) is 18.4 Å². The maximum absolute atomic E-state index is 5.58. The number of halogens is 2. The summed E-state index contributed by atoms with van der Waals surface area (Å²) in [5, 5.41) is 7.10. The van der Waals surface area contributed by atoms with Crippen molar-refractivity contribution < 1.29 is 4.74 Å². The van der Waals surface area contributed by atoms with Crippen LogP contribution in [0.2, 0.25) is 0 Å². The maximum Gasteiger partial charge on any atom is 0.172 e. The van der Waals surface area contributed by atoms with Gasteiger partial charge >= 0.3 is 0 Å². The lowest BCUT2D eigenvalue weighted by molar-refractivity contribution is 0.0515. The summed E-state index contributed by atoms with van der Waals surface area (Å²) in [6.07, 6.45) is 3.69. The Balaban J connectivity index is 1.68. The molecule has 0 unspecified atom stereocenters. The molecular formula is C18H19Br2N3OS. The number of nitrogens with zero attached hydrogens (tertiary/aromatic N) is 1. The van der Waals surface area contributed by atoms with Gasteiger partial charge in [-0.2, -0.15) is 0 Å². The molecule has 2 heterocycles. The second-order valence-corrected chi connectivity index (χ2v) is 8.23. The maximum atomic E-state index is 5.58. The zero-order valence-electron chi connectivity index (χ0n) is 13.6. The molecule has 7 heteroatoms. The first-order valence-electron chi connectivity index (χ1n) is 8.08. The van der Waals surface area contributed by atoms with Crippen molar-refractivity contribution in [3.05, 3.63) is 57.1 Å². The predicted octanol–water partition coefficient (Wildman–Crippen LogP) is 4.64. The van der Waals surface area contributed by atoms with E-state index in [0.29, 0.717) is 10.9 Å². The Hall–Kier alpha value is -1.02. The number of pyridine rings is 1. The molecule has 0 aliphatic carbocycles.